The van der Waals surface area contributed by atoms with Crippen molar-refractivity contribution in [2.75, 3.05) is 6.54 Å². The Morgan fingerprint density at radius 1 is 1.29 bits per heavy atom. The molecule has 0 amide bonds. The minimum absolute atomic E-state index is 0.116. The number of hydrogen-bond donors (Lipinski definition) is 1. The van der Waals surface area contributed by atoms with Crippen molar-refractivity contribution in [3.05, 3.63) is 29.8 Å². The van der Waals surface area contributed by atoms with E-state index in [2.05, 4.69) is 49.9 Å². The quantitative estimate of drug-likeness (QED) is 0.905. The maximum atomic E-state index is 6.19. The molecule has 3 nitrogen and oxygen atoms in total. The molecule has 0 spiro atoms. The molecule has 1 fully saturated rings. The van der Waals surface area contributed by atoms with Crippen LogP contribution in [0.25, 0.3) is 0 Å². The first kappa shape index (κ1) is 14.9. The Morgan fingerprint density at radius 3 is 2.81 bits per heavy atom. The van der Waals surface area contributed by atoms with E-state index >= 15 is 0 Å². The third-order valence-corrected chi connectivity index (χ3v) is 5.07. The molecule has 0 bridgehead atoms. The number of para-hydroxylation sites is 1. The lowest BCUT2D eigenvalue weighted by atomic mass is 9.84. The lowest BCUT2D eigenvalue weighted by Crippen LogP contribution is -2.53. The number of nitrogens with two attached hydrogens (primary N) is 1. The van der Waals surface area contributed by atoms with Gasteiger partial charge in [-0.3, -0.25) is 4.90 Å². The number of likely N-dealkylation sites (tertiary alicyclic amines) is 1. The largest absolute Gasteiger partial charge is 0.487 e. The highest BCUT2D eigenvalue weighted by Gasteiger charge is 2.41. The van der Waals surface area contributed by atoms with Gasteiger partial charge < -0.3 is 10.5 Å². The van der Waals surface area contributed by atoms with E-state index in [1.54, 1.807) is 0 Å². The molecule has 2 heterocycles. The summed E-state index contributed by atoms with van der Waals surface area (Å²) in [5.41, 5.74) is 7.30. The number of rotatable bonds is 2. The molecule has 1 saturated heterocycles. The minimum Gasteiger partial charge on any atom is -0.487 e. The third-order valence-electron chi connectivity index (χ3n) is 5.07. The van der Waals surface area contributed by atoms with Crippen LogP contribution in [0.1, 0.15) is 58.1 Å². The van der Waals surface area contributed by atoms with E-state index in [1.165, 1.54) is 24.8 Å². The van der Waals surface area contributed by atoms with Gasteiger partial charge in [0.15, 0.2) is 0 Å². The van der Waals surface area contributed by atoms with Gasteiger partial charge in [-0.05, 0) is 39.7 Å². The van der Waals surface area contributed by atoms with Crippen LogP contribution < -0.4 is 10.5 Å². The average Bonchev–Trinajstić information content (AvgIpc) is 2.45. The monoisotopic (exact) mass is 288 g/mol. The molecule has 0 radical (unpaired) electrons. The number of nitrogens with zero attached hydrogens (tertiary/aromatic N) is 1. The van der Waals surface area contributed by atoms with Gasteiger partial charge in [0.05, 0.1) is 0 Å². The molecule has 2 aliphatic rings. The third kappa shape index (κ3) is 2.82. The number of fused-ring (bicyclic) bond motifs is 1. The Labute approximate surface area is 128 Å². The minimum atomic E-state index is -0.116. The zero-order valence-electron chi connectivity index (χ0n) is 13.5. The summed E-state index contributed by atoms with van der Waals surface area (Å²) >= 11 is 0. The van der Waals surface area contributed by atoms with Gasteiger partial charge in [0.1, 0.15) is 11.4 Å². The summed E-state index contributed by atoms with van der Waals surface area (Å²) in [4.78, 5) is 2.67. The molecule has 3 unspecified atom stereocenters. The lowest BCUT2D eigenvalue weighted by Gasteiger charge is -2.49. The molecule has 3 atom stereocenters. The van der Waals surface area contributed by atoms with Gasteiger partial charge >= 0.3 is 0 Å². The van der Waals surface area contributed by atoms with Crippen LogP contribution in [0.2, 0.25) is 0 Å². The molecule has 2 aliphatic heterocycles. The summed E-state index contributed by atoms with van der Waals surface area (Å²) in [6.45, 7) is 7.50. The first-order valence-corrected chi connectivity index (χ1v) is 8.27. The van der Waals surface area contributed by atoms with E-state index in [-0.39, 0.29) is 5.60 Å². The highest BCUT2D eigenvalue weighted by atomic mass is 16.5. The Balaban J connectivity index is 1.99. The molecule has 0 saturated carbocycles. The molecule has 116 valence electrons. The smallest absolute Gasteiger partial charge is 0.124 e. The van der Waals surface area contributed by atoms with Crippen LogP contribution in [0.5, 0.6) is 5.75 Å². The topological polar surface area (TPSA) is 38.5 Å². The van der Waals surface area contributed by atoms with Crippen molar-refractivity contribution in [2.45, 2.75) is 70.2 Å². The van der Waals surface area contributed by atoms with E-state index in [4.69, 9.17) is 10.5 Å². The van der Waals surface area contributed by atoms with E-state index in [0.29, 0.717) is 18.1 Å². The maximum Gasteiger partial charge on any atom is 0.124 e. The summed E-state index contributed by atoms with van der Waals surface area (Å²) < 4.78 is 6.19. The number of benzene rings is 1. The zero-order valence-corrected chi connectivity index (χ0v) is 13.5. The number of ether oxygens (including phenoxy) is 1. The second kappa shape index (κ2) is 5.62. The van der Waals surface area contributed by atoms with E-state index < -0.39 is 0 Å². The first-order valence-electron chi connectivity index (χ1n) is 8.27. The van der Waals surface area contributed by atoms with Crippen LogP contribution in [-0.2, 0) is 0 Å². The Morgan fingerprint density at radius 2 is 2.05 bits per heavy atom. The summed E-state index contributed by atoms with van der Waals surface area (Å²) in [5, 5.41) is 0. The van der Waals surface area contributed by atoms with Crippen LogP contribution in [0.15, 0.2) is 24.3 Å². The average molecular weight is 288 g/mol. The fraction of sp³-hybridized carbons (Fsp3) is 0.667. The zero-order chi connectivity index (χ0) is 15.0. The van der Waals surface area contributed by atoms with E-state index in [0.717, 1.165) is 18.7 Å². The SMILES string of the molecule is CC1CCCC(CN)N1C1CC(C)(C)Oc2ccccc21. The predicted molar refractivity (Wildman–Crippen MR) is 86.5 cm³/mol. The molecule has 2 N–H and O–H groups in total. The summed E-state index contributed by atoms with van der Waals surface area (Å²) in [7, 11) is 0. The standard InChI is InChI=1S/C18H28N2O/c1-13-7-6-8-14(12-19)20(13)16-11-18(2,3)21-17-10-5-4-9-15(16)17/h4-5,9-10,13-14,16H,6-8,11-12,19H2,1-3H3. The van der Waals surface area contributed by atoms with Crippen molar-refractivity contribution >= 4 is 0 Å². The highest BCUT2D eigenvalue weighted by molar-refractivity contribution is 5.39. The second-order valence-electron chi connectivity index (χ2n) is 7.24. The van der Waals surface area contributed by atoms with Crippen LogP contribution in [-0.4, -0.2) is 29.1 Å². The van der Waals surface area contributed by atoms with Crippen LogP contribution >= 0.6 is 0 Å². The molecular formula is C18H28N2O. The summed E-state index contributed by atoms with van der Waals surface area (Å²) in [6, 6.07) is 10.0. The molecule has 1 aromatic rings. The van der Waals surface area contributed by atoms with E-state index in [1.807, 2.05) is 0 Å². The molecule has 3 heteroatoms. The molecule has 0 aromatic heterocycles. The van der Waals surface area contributed by atoms with E-state index in [9.17, 15) is 0 Å². The van der Waals surface area contributed by atoms with Crippen molar-refractivity contribution in [1.29, 1.82) is 0 Å². The Hall–Kier alpha value is -1.06. The Kier molecular flexibility index (Phi) is 3.98. The number of piperidine rings is 1. The summed E-state index contributed by atoms with van der Waals surface area (Å²) in [6.07, 6.45) is 4.83. The molecule has 21 heavy (non-hydrogen) atoms. The lowest BCUT2D eigenvalue weighted by molar-refractivity contribution is -0.0167. The Bertz CT molecular complexity index is 500. The fourth-order valence-electron chi connectivity index (χ4n) is 4.14. The van der Waals surface area contributed by atoms with Gasteiger partial charge in [0.25, 0.3) is 0 Å². The van der Waals surface area contributed by atoms with Crippen molar-refractivity contribution in [1.82, 2.24) is 4.90 Å². The molecule has 0 aliphatic carbocycles. The first-order chi connectivity index (χ1) is 10.0. The fourth-order valence-corrected chi connectivity index (χ4v) is 4.14. The van der Waals surface area contributed by atoms with Gasteiger partial charge in [0.2, 0.25) is 0 Å². The van der Waals surface area contributed by atoms with Gasteiger partial charge in [-0.25, -0.2) is 0 Å². The van der Waals surface area contributed by atoms with Gasteiger partial charge in [-0.15, -0.1) is 0 Å². The van der Waals surface area contributed by atoms with Crippen molar-refractivity contribution in [2.24, 2.45) is 5.73 Å². The van der Waals surface area contributed by atoms with Crippen LogP contribution in [0.3, 0.4) is 0 Å². The number of hydrogen-bond acceptors (Lipinski definition) is 3. The van der Waals surface area contributed by atoms with Crippen LogP contribution in [0, 0.1) is 0 Å². The van der Waals surface area contributed by atoms with Crippen LogP contribution in [0.4, 0.5) is 0 Å². The second-order valence-corrected chi connectivity index (χ2v) is 7.24. The van der Waals surface area contributed by atoms with Crippen molar-refractivity contribution < 1.29 is 4.74 Å². The highest BCUT2D eigenvalue weighted by Crippen LogP contribution is 2.45. The predicted octanol–water partition coefficient (Wildman–Crippen LogP) is 3.49. The molecule has 3 rings (SSSR count). The van der Waals surface area contributed by atoms with Gasteiger partial charge in [-0.2, -0.15) is 0 Å². The van der Waals surface area contributed by atoms with Gasteiger partial charge in [-0.1, -0.05) is 24.6 Å². The normalized spacial score (nSPS) is 32.3. The summed E-state index contributed by atoms with van der Waals surface area (Å²) in [5.74, 6) is 1.05. The molecule has 1 aromatic carbocycles. The van der Waals surface area contributed by atoms with Crippen molar-refractivity contribution in [3.63, 3.8) is 0 Å². The molecular weight excluding hydrogens is 260 g/mol. The van der Waals surface area contributed by atoms with Crippen molar-refractivity contribution in [3.8, 4) is 5.75 Å². The van der Waals surface area contributed by atoms with Gasteiger partial charge in [0, 0.05) is 36.7 Å². The maximum absolute atomic E-state index is 6.19.